The molecule has 166 valence electrons. The van der Waals surface area contributed by atoms with E-state index in [4.69, 9.17) is 0 Å². The van der Waals surface area contributed by atoms with Crippen molar-refractivity contribution < 1.29 is 15.0 Å². The van der Waals surface area contributed by atoms with Crippen LogP contribution in [-0.2, 0) is 5.41 Å². The first-order valence-electron chi connectivity index (χ1n) is 12.1. The zero-order chi connectivity index (χ0) is 22.5. The highest BCUT2D eigenvalue weighted by Gasteiger charge is 2.52. The van der Waals surface area contributed by atoms with E-state index < -0.39 is 5.97 Å². The third-order valence-electron chi connectivity index (χ3n) is 8.03. The fourth-order valence-electron chi connectivity index (χ4n) is 7.14. The molecule has 4 aliphatic carbocycles. The molecule has 0 amide bonds. The van der Waals surface area contributed by atoms with Crippen LogP contribution in [0.3, 0.4) is 0 Å². The number of carboxylic acids is 1. The maximum Gasteiger partial charge on any atom is 0.335 e. The minimum absolute atomic E-state index is 0.155. The van der Waals surface area contributed by atoms with E-state index >= 15 is 0 Å². The van der Waals surface area contributed by atoms with Gasteiger partial charge in [-0.05, 0) is 114 Å². The fourth-order valence-corrected chi connectivity index (χ4v) is 7.14. The smallest absolute Gasteiger partial charge is 0.335 e. The van der Waals surface area contributed by atoms with E-state index in [9.17, 15) is 15.0 Å². The Morgan fingerprint density at radius 2 is 1.31 bits per heavy atom. The summed E-state index contributed by atoms with van der Waals surface area (Å²) in [6, 6.07) is 17.5. The van der Waals surface area contributed by atoms with Crippen LogP contribution in [0.15, 0.2) is 54.6 Å². The lowest BCUT2D eigenvalue weighted by atomic mass is 9.48. The lowest BCUT2D eigenvalue weighted by molar-refractivity contribution is -0.00611. The first kappa shape index (κ1) is 21.1. The summed E-state index contributed by atoms with van der Waals surface area (Å²) < 4.78 is 0. The van der Waals surface area contributed by atoms with E-state index in [0.29, 0.717) is 11.3 Å². The third-order valence-corrected chi connectivity index (χ3v) is 8.03. The van der Waals surface area contributed by atoms with Gasteiger partial charge >= 0.3 is 5.97 Å². The maximum atomic E-state index is 11.2. The van der Waals surface area contributed by atoms with Crippen LogP contribution in [0, 0.1) is 17.8 Å². The van der Waals surface area contributed by atoms with Gasteiger partial charge in [-0.3, -0.25) is 0 Å². The second kappa shape index (κ2) is 7.95. The highest BCUT2D eigenvalue weighted by molar-refractivity contribution is 5.95. The summed E-state index contributed by atoms with van der Waals surface area (Å²) in [6.45, 7) is 4.00. The van der Waals surface area contributed by atoms with Crippen molar-refractivity contribution in [1.82, 2.24) is 0 Å². The van der Waals surface area contributed by atoms with Gasteiger partial charge in [-0.1, -0.05) is 38.1 Å². The molecule has 7 rings (SSSR count). The maximum absolute atomic E-state index is 11.2. The van der Waals surface area contributed by atoms with Gasteiger partial charge in [-0.15, -0.1) is 0 Å². The minimum atomic E-state index is -0.903. The second-order valence-corrected chi connectivity index (χ2v) is 10.0. The highest BCUT2D eigenvalue weighted by Crippen LogP contribution is 2.62. The number of phenols is 1. The molecule has 0 heterocycles. The summed E-state index contributed by atoms with van der Waals surface area (Å²) >= 11 is 0. The molecule has 0 spiro atoms. The predicted molar refractivity (Wildman–Crippen MR) is 129 cm³/mol. The van der Waals surface area contributed by atoms with Crippen molar-refractivity contribution in [2.45, 2.75) is 57.8 Å². The summed E-state index contributed by atoms with van der Waals surface area (Å²) in [5.74, 6) is 2.06. The molecule has 3 nitrogen and oxygen atoms in total. The van der Waals surface area contributed by atoms with E-state index in [1.54, 1.807) is 12.1 Å². The molecule has 3 aromatic carbocycles. The van der Waals surface area contributed by atoms with Crippen molar-refractivity contribution in [2.75, 3.05) is 0 Å². The quantitative estimate of drug-likeness (QED) is 0.457. The van der Waals surface area contributed by atoms with Gasteiger partial charge < -0.3 is 10.2 Å². The number of aromatic carboxylic acids is 1. The van der Waals surface area contributed by atoms with E-state index in [0.717, 1.165) is 45.2 Å². The van der Waals surface area contributed by atoms with Gasteiger partial charge in [0.05, 0.1) is 5.56 Å². The Kier molecular flexibility index (Phi) is 5.23. The fraction of sp³-hybridized carbons (Fsp3) is 0.414. The molecule has 0 saturated heterocycles. The first-order chi connectivity index (χ1) is 15.5. The minimum Gasteiger partial charge on any atom is -0.508 e. The highest BCUT2D eigenvalue weighted by atomic mass is 16.4. The van der Waals surface area contributed by atoms with E-state index in [2.05, 4.69) is 18.2 Å². The predicted octanol–water partition coefficient (Wildman–Crippen LogP) is 7.40. The molecule has 4 bridgehead atoms. The van der Waals surface area contributed by atoms with Gasteiger partial charge in [-0.25, -0.2) is 4.79 Å². The molecule has 4 fully saturated rings. The van der Waals surface area contributed by atoms with Crippen LogP contribution >= 0.6 is 0 Å². The molecule has 0 aliphatic heterocycles. The van der Waals surface area contributed by atoms with Gasteiger partial charge in [0.1, 0.15) is 5.75 Å². The molecular weight excluding hydrogens is 396 g/mol. The number of carboxylic acid groups (broad SMARTS) is 1. The molecule has 3 aromatic rings. The number of rotatable bonds is 3. The molecule has 0 atom stereocenters. The standard InChI is InChI=1S/C27H26O3.C2H6/c28-25-6-5-22(20-1-2-21-11-23(26(29)30)4-3-19(21)10-20)12-24(25)27-13-16-7-17(14-27)9-18(8-16)15-27;1-2/h1-6,10-12,16-18,28H,7-9,13-15H2,(H,29,30);1-2H3. The van der Waals surface area contributed by atoms with Crippen LogP contribution in [0.1, 0.15) is 68.3 Å². The number of fused-ring (bicyclic) bond motifs is 1. The molecule has 32 heavy (non-hydrogen) atoms. The molecule has 4 aliphatic rings. The van der Waals surface area contributed by atoms with Crippen LogP contribution in [0.5, 0.6) is 5.75 Å². The third kappa shape index (κ3) is 3.48. The Labute approximate surface area is 190 Å². The SMILES string of the molecule is CC.O=C(O)c1ccc2cc(-c3ccc(O)c(C45CC6CC(CC(C6)C4)C5)c3)ccc2c1. The molecular formula is C29H32O3. The molecule has 3 heteroatoms. The summed E-state index contributed by atoms with van der Waals surface area (Å²) in [5, 5.41) is 22.0. The Balaban J connectivity index is 0.00000105. The molecule has 0 radical (unpaired) electrons. The van der Waals surface area contributed by atoms with Gasteiger partial charge in [0.25, 0.3) is 0 Å². The van der Waals surface area contributed by atoms with Crippen LogP contribution in [0.4, 0.5) is 0 Å². The number of hydrogen-bond acceptors (Lipinski definition) is 2. The molecule has 0 aromatic heterocycles. The zero-order valence-corrected chi connectivity index (χ0v) is 19.0. The average molecular weight is 429 g/mol. The van der Waals surface area contributed by atoms with Crippen LogP contribution in [-0.4, -0.2) is 16.2 Å². The van der Waals surface area contributed by atoms with Crippen LogP contribution in [0.25, 0.3) is 21.9 Å². The second-order valence-electron chi connectivity index (χ2n) is 10.0. The van der Waals surface area contributed by atoms with Crippen LogP contribution in [0.2, 0.25) is 0 Å². The molecule has 2 N–H and O–H groups in total. The number of aromatic hydroxyl groups is 1. The lowest BCUT2D eigenvalue weighted by Crippen LogP contribution is -2.48. The summed E-state index contributed by atoms with van der Waals surface area (Å²) in [7, 11) is 0. The van der Waals surface area contributed by atoms with Gasteiger partial charge in [0, 0.05) is 5.56 Å². The number of hydrogen-bond donors (Lipinski definition) is 2. The number of phenolic OH excluding ortho intramolecular Hbond substituents is 1. The number of benzene rings is 3. The van der Waals surface area contributed by atoms with E-state index in [-0.39, 0.29) is 5.41 Å². The monoisotopic (exact) mass is 428 g/mol. The van der Waals surface area contributed by atoms with Crippen molar-refractivity contribution in [3.8, 4) is 16.9 Å². The zero-order valence-electron chi connectivity index (χ0n) is 19.0. The Bertz CT molecular complexity index is 1140. The van der Waals surface area contributed by atoms with E-state index in [1.165, 1.54) is 38.5 Å². The normalized spacial score (nSPS) is 27.8. The molecule has 4 saturated carbocycles. The van der Waals surface area contributed by atoms with Crippen LogP contribution < -0.4 is 0 Å². The Morgan fingerprint density at radius 3 is 1.94 bits per heavy atom. The summed E-state index contributed by atoms with van der Waals surface area (Å²) in [6.07, 6.45) is 7.86. The first-order valence-corrected chi connectivity index (χ1v) is 12.1. The van der Waals surface area contributed by atoms with E-state index in [1.807, 2.05) is 38.1 Å². The van der Waals surface area contributed by atoms with Gasteiger partial charge in [0.15, 0.2) is 0 Å². The van der Waals surface area contributed by atoms with Gasteiger partial charge in [0.2, 0.25) is 0 Å². The average Bonchev–Trinajstić information content (AvgIpc) is 2.79. The van der Waals surface area contributed by atoms with Gasteiger partial charge in [-0.2, -0.15) is 0 Å². The topological polar surface area (TPSA) is 57.5 Å². The van der Waals surface area contributed by atoms with Crippen molar-refractivity contribution in [3.63, 3.8) is 0 Å². The van der Waals surface area contributed by atoms with Crippen molar-refractivity contribution in [2.24, 2.45) is 17.8 Å². The van der Waals surface area contributed by atoms with Crippen molar-refractivity contribution in [1.29, 1.82) is 0 Å². The lowest BCUT2D eigenvalue weighted by Gasteiger charge is -2.57. The van der Waals surface area contributed by atoms with Crippen molar-refractivity contribution >= 4 is 16.7 Å². The largest absolute Gasteiger partial charge is 0.508 e. The Hall–Kier alpha value is -2.81. The number of carbonyl (C=O) groups is 1. The molecule has 0 unspecified atom stereocenters. The Morgan fingerprint density at radius 1 is 0.781 bits per heavy atom. The summed E-state index contributed by atoms with van der Waals surface area (Å²) in [5.41, 5.74) is 3.85. The van der Waals surface area contributed by atoms with Crippen molar-refractivity contribution in [3.05, 3.63) is 65.7 Å². The summed E-state index contributed by atoms with van der Waals surface area (Å²) in [4.78, 5) is 11.2.